The molecule has 6 heteroatoms. The molecule has 122 valence electrons. The van der Waals surface area contributed by atoms with Crippen LogP contribution in [0.5, 0.6) is 0 Å². The number of amides is 1. The van der Waals surface area contributed by atoms with Gasteiger partial charge in [0, 0.05) is 6.04 Å². The Morgan fingerprint density at radius 1 is 1.27 bits per heavy atom. The minimum atomic E-state index is -4.49. The summed E-state index contributed by atoms with van der Waals surface area (Å²) in [6.07, 6.45) is 0.701. The zero-order valence-electron chi connectivity index (χ0n) is 12.8. The van der Waals surface area contributed by atoms with Crippen LogP contribution in [0.2, 0.25) is 0 Å². The number of carbonyl (C=O) groups excluding carboxylic acids is 1. The lowest BCUT2D eigenvalue weighted by molar-refractivity contribution is -0.141. The van der Waals surface area contributed by atoms with E-state index in [0.29, 0.717) is 0 Å². The molecule has 0 atom stereocenters. The van der Waals surface area contributed by atoms with Gasteiger partial charge in [0.2, 0.25) is 0 Å². The van der Waals surface area contributed by atoms with E-state index in [9.17, 15) is 18.0 Å². The molecule has 1 aliphatic rings. The molecule has 0 saturated heterocycles. The van der Waals surface area contributed by atoms with Crippen molar-refractivity contribution in [3.05, 3.63) is 29.1 Å². The minimum absolute atomic E-state index is 0.106. The van der Waals surface area contributed by atoms with Gasteiger partial charge < -0.3 is 5.32 Å². The largest absolute Gasteiger partial charge is 0.433 e. The molecular formula is C16H21F3N2O. The summed E-state index contributed by atoms with van der Waals surface area (Å²) >= 11 is 0. The second-order valence-electron chi connectivity index (χ2n) is 5.93. The third kappa shape index (κ3) is 3.99. The summed E-state index contributed by atoms with van der Waals surface area (Å²) in [4.78, 5) is 15.7. The van der Waals surface area contributed by atoms with E-state index in [-0.39, 0.29) is 23.2 Å². The fourth-order valence-electron chi connectivity index (χ4n) is 2.94. The molecule has 1 aliphatic carbocycles. The zero-order chi connectivity index (χ0) is 16.3. The predicted octanol–water partition coefficient (Wildman–Crippen LogP) is 4.11. The molecule has 1 fully saturated rings. The average molecular weight is 314 g/mol. The van der Waals surface area contributed by atoms with Crippen LogP contribution < -0.4 is 5.32 Å². The number of nitrogens with zero attached hydrogens (tertiary/aromatic N) is 1. The summed E-state index contributed by atoms with van der Waals surface area (Å²) in [6.45, 7) is 3.60. The van der Waals surface area contributed by atoms with Gasteiger partial charge in [0.1, 0.15) is 5.69 Å². The number of halogens is 3. The second kappa shape index (κ2) is 6.67. The van der Waals surface area contributed by atoms with Gasteiger partial charge in [-0.3, -0.25) is 4.79 Å². The standard InChI is InChI=1S/C16H21F3N2O/c1-3-11-4-6-12(7-5-11)21-15(22)13-8-9-14(16(17,18)19)20-10(13)2/h8-9,11-12H,3-7H2,1-2H3,(H,21,22). The summed E-state index contributed by atoms with van der Waals surface area (Å²) in [6, 6.07) is 2.17. The van der Waals surface area contributed by atoms with Crippen LogP contribution in [0.3, 0.4) is 0 Å². The van der Waals surface area contributed by atoms with E-state index in [0.717, 1.165) is 44.1 Å². The lowest BCUT2D eigenvalue weighted by Gasteiger charge is -2.28. The van der Waals surface area contributed by atoms with Crippen LogP contribution >= 0.6 is 0 Å². The monoisotopic (exact) mass is 314 g/mol. The maximum Gasteiger partial charge on any atom is 0.433 e. The normalized spacial score (nSPS) is 22.4. The fraction of sp³-hybridized carbons (Fsp3) is 0.625. The van der Waals surface area contributed by atoms with E-state index in [4.69, 9.17) is 0 Å². The third-order valence-corrected chi connectivity index (χ3v) is 4.38. The Hall–Kier alpha value is -1.59. The molecule has 0 unspecified atom stereocenters. The molecule has 0 bridgehead atoms. The summed E-state index contributed by atoms with van der Waals surface area (Å²) < 4.78 is 37.7. The lowest BCUT2D eigenvalue weighted by atomic mass is 9.84. The number of carbonyl (C=O) groups is 1. The van der Waals surface area contributed by atoms with Gasteiger partial charge in [-0.2, -0.15) is 13.2 Å². The first-order valence-corrected chi connectivity index (χ1v) is 7.67. The molecule has 0 aromatic carbocycles. The van der Waals surface area contributed by atoms with Gasteiger partial charge in [-0.05, 0) is 50.7 Å². The number of rotatable bonds is 3. The second-order valence-corrected chi connectivity index (χ2v) is 5.93. The number of hydrogen-bond acceptors (Lipinski definition) is 2. The smallest absolute Gasteiger partial charge is 0.349 e. The SMILES string of the molecule is CCC1CCC(NC(=O)c2ccc(C(F)(F)F)nc2C)CC1. The summed E-state index contributed by atoms with van der Waals surface area (Å²) in [5, 5.41) is 2.92. The van der Waals surface area contributed by atoms with E-state index in [1.807, 2.05) is 0 Å². The van der Waals surface area contributed by atoms with E-state index < -0.39 is 11.9 Å². The molecule has 0 aliphatic heterocycles. The fourth-order valence-corrected chi connectivity index (χ4v) is 2.94. The van der Waals surface area contributed by atoms with Crippen LogP contribution in [0.4, 0.5) is 13.2 Å². The Balaban J connectivity index is 2.01. The topological polar surface area (TPSA) is 42.0 Å². The molecule has 1 N–H and O–H groups in total. The van der Waals surface area contributed by atoms with E-state index in [2.05, 4.69) is 17.2 Å². The van der Waals surface area contributed by atoms with Crippen molar-refractivity contribution in [3.8, 4) is 0 Å². The van der Waals surface area contributed by atoms with Crippen LogP contribution in [0.25, 0.3) is 0 Å². The van der Waals surface area contributed by atoms with Gasteiger partial charge in [-0.15, -0.1) is 0 Å². The maximum atomic E-state index is 12.6. The minimum Gasteiger partial charge on any atom is -0.349 e. The van der Waals surface area contributed by atoms with Crippen molar-refractivity contribution in [3.63, 3.8) is 0 Å². The number of pyridine rings is 1. The lowest BCUT2D eigenvalue weighted by Crippen LogP contribution is -2.38. The average Bonchev–Trinajstić information content (AvgIpc) is 2.46. The van der Waals surface area contributed by atoms with Crippen LogP contribution in [-0.4, -0.2) is 16.9 Å². The number of aromatic nitrogens is 1. The van der Waals surface area contributed by atoms with Crippen molar-refractivity contribution in [1.29, 1.82) is 0 Å². The van der Waals surface area contributed by atoms with Crippen molar-refractivity contribution >= 4 is 5.91 Å². The van der Waals surface area contributed by atoms with Gasteiger partial charge in [-0.25, -0.2) is 4.98 Å². The highest BCUT2D eigenvalue weighted by Gasteiger charge is 2.33. The van der Waals surface area contributed by atoms with E-state index >= 15 is 0 Å². The molecule has 1 aromatic heterocycles. The Labute approximate surface area is 128 Å². The third-order valence-electron chi connectivity index (χ3n) is 4.38. The van der Waals surface area contributed by atoms with Gasteiger partial charge in [0.25, 0.3) is 5.91 Å². The molecule has 1 amide bonds. The van der Waals surface area contributed by atoms with Gasteiger partial charge in [0.05, 0.1) is 11.3 Å². The number of alkyl halides is 3. The van der Waals surface area contributed by atoms with Crippen molar-refractivity contribution in [2.45, 2.75) is 58.2 Å². The van der Waals surface area contributed by atoms with Crippen LogP contribution in [0.15, 0.2) is 12.1 Å². The molecular weight excluding hydrogens is 293 g/mol. The van der Waals surface area contributed by atoms with E-state index in [1.165, 1.54) is 13.0 Å². The van der Waals surface area contributed by atoms with Gasteiger partial charge in [-0.1, -0.05) is 13.3 Å². The summed E-state index contributed by atoms with van der Waals surface area (Å²) in [5.74, 6) is 0.390. The summed E-state index contributed by atoms with van der Waals surface area (Å²) in [5.41, 5.74) is -0.648. The molecule has 1 saturated carbocycles. The summed E-state index contributed by atoms with van der Waals surface area (Å²) in [7, 11) is 0. The Morgan fingerprint density at radius 2 is 1.91 bits per heavy atom. The Bertz CT molecular complexity index is 535. The first-order valence-electron chi connectivity index (χ1n) is 7.67. The molecule has 1 heterocycles. The van der Waals surface area contributed by atoms with Crippen molar-refractivity contribution in [2.24, 2.45) is 5.92 Å². The van der Waals surface area contributed by atoms with Crippen LogP contribution in [0.1, 0.15) is 60.8 Å². The predicted molar refractivity (Wildman–Crippen MR) is 77.5 cm³/mol. The molecule has 0 spiro atoms. The highest BCUT2D eigenvalue weighted by Crippen LogP contribution is 2.29. The van der Waals surface area contributed by atoms with Crippen molar-refractivity contribution in [1.82, 2.24) is 10.3 Å². The molecule has 3 nitrogen and oxygen atoms in total. The highest BCUT2D eigenvalue weighted by molar-refractivity contribution is 5.95. The first-order chi connectivity index (χ1) is 10.3. The Morgan fingerprint density at radius 3 is 2.41 bits per heavy atom. The van der Waals surface area contributed by atoms with Crippen LogP contribution in [-0.2, 0) is 6.18 Å². The highest BCUT2D eigenvalue weighted by atomic mass is 19.4. The molecule has 2 rings (SSSR count). The van der Waals surface area contributed by atoms with Gasteiger partial charge in [0.15, 0.2) is 0 Å². The van der Waals surface area contributed by atoms with Crippen molar-refractivity contribution in [2.75, 3.05) is 0 Å². The first kappa shape index (κ1) is 16.8. The molecule has 0 radical (unpaired) electrons. The number of nitrogens with one attached hydrogen (secondary N) is 1. The number of aryl methyl sites for hydroxylation is 1. The van der Waals surface area contributed by atoms with Crippen LogP contribution in [0, 0.1) is 12.8 Å². The molecule has 1 aromatic rings. The quantitative estimate of drug-likeness (QED) is 0.912. The van der Waals surface area contributed by atoms with Crippen molar-refractivity contribution < 1.29 is 18.0 Å². The number of hydrogen-bond donors (Lipinski definition) is 1. The van der Waals surface area contributed by atoms with Gasteiger partial charge >= 0.3 is 6.18 Å². The maximum absolute atomic E-state index is 12.6. The zero-order valence-corrected chi connectivity index (χ0v) is 12.8. The Kier molecular flexibility index (Phi) is 5.08. The van der Waals surface area contributed by atoms with E-state index in [1.54, 1.807) is 0 Å². The molecule has 22 heavy (non-hydrogen) atoms.